The van der Waals surface area contributed by atoms with Crippen LogP contribution in [0.3, 0.4) is 0 Å². The highest BCUT2D eigenvalue weighted by Gasteiger charge is 2.16. The van der Waals surface area contributed by atoms with Gasteiger partial charge in [-0.2, -0.15) is 5.10 Å². The fourth-order valence-corrected chi connectivity index (χ4v) is 2.58. The van der Waals surface area contributed by atoms with Gasteiger partial charge in [0.05, 0.1) is 25.1 Å². The maximum Gasteiger partial charge on any atom is 0.319 e. The summed E-state index contributed by atoms with van der Waals surface area (Å²) in [5.41, 5.74) is 1.66. The van der Waals surface area contributed by atoms with Crippen LogP contribution in [0, 0.1) is 0 Å². The van der Waals surface area contributed by atoms with Crippen LogP contribution in [0.5, 0.6) is 0 Å². The van der Waals surface area contributed by atoms with Gasteiger partial charge < -0.3 is 20.3 Å². The number of urea groups is 1. The van der Waals surface area contributed by atoms with E-state index in [4.69, 9.17) is 4.74 Å². The number of rotatable bonds is 5. The lowest BCUT2D eigenvalue weighted by molar-refractivity contribution is 0.122. The molecular formula is C16H22N6O2. The quantitative estimate of drug-likeness (QED) is 0.867. The van der Waals surface area contributed by atoms with Crippen LogP contribution in [0.4, 0.5) is 16.3 Å². The lowest BCUT2D eigenvalue weighted by Gasteiger charge is -2.29. The van der Waals surface area contributed by atoms with Crippen LogP contribution in [0.25, 0.3) is 0 Å². The van der Waals surface area contributed by atoms with Crippen molar-refractivity contribution >= 4 is 17.5 Å². The van der Waals surface area contributed by atoms with Crippen molar-refractivity contribution in [1.82, 2.24) is 20.1 Å². The van der Waals surface area contributed by atoms with Crippen molar-refractivity contribution in [1.29, 1.82) is 0 Å². The molecule has 2 aromatic heterocycles. The van der Waals surface area contributed by atoms with Gasteiger partial charge in [0.1, 0.15) is 5.82 Å². The molecule has 0 aromatic carbocycles. The van der Waals surface area contributed by atoms with Gasteiger partial charge in [-0.3, -0.25) is 4.68 Å². The molecule has 3 rings (SSSR count). The Morgan fingerprint density at radius 2 is 2.21 bits per heavy atom. The van der Waals surface area contributed by atoms with Crippen LogP contribution >= 0.6 is 0 Å². The van der Waals surface area contributed by atoms with Crippen LogP contribution in [-0.4, -0.2) is 47.1 Å². The van der Waals surface area contributed by atoms with Gasteiger partial charge in [-0.15, -0.1) is 0 Å². The molecule has 0 bridgehead atoms. The first-order valence-electron chi connectivity index (χ1n) is 8.10. The second kappa shape index (κ2) is 7.78. The molecule has 3 heterocycles. The summed E-state index contributed by atoms with van der Waals surface area (Å²) in [4.78, 5) is 18.7. The molecule has 2 aromatic rings. The molecule has 8 nitrogen and oxygen atoms in total. The number of carbonyl (C=O) groups excluding carboxylic acids is 1. The van der Waals surface area contributed by atoms with Gasteiger partial charge in [0.2, 0.25) is 0 Å². The van der Waals surface area contributed by atoms with E-state index >= 15 is 0 Å². The molecular weight excluding hydrogens is 308 g/mol. The van der Waals surface area contributed by atoms with E-state index in [1.54, 1.807) is 23.3 Å². The third-order valence-corrected chi connectivity index (χ3v) is 3.83. The largest absolute Gasteiger partial charge is 0.378 e. The first-order valence-corrected chi connectivity index (χ1v) is 8.10. The summed E-state index contributed by atoms with van der Waals surface area (Å²) >= 11 is 0. The van der Waals surface area contributed by atoms with Gasteiger partial charge in [-0.25, -0.2) is 9.78 Å². The van der Waals surface area contributed by atoms with Crippen molar-refractivity contribution in [3.63, 3.8) is 0 Å². The molecule has 2 amide bonds. The summed E-state index contributed by atoms with van der Waals surface area (Å²) in [6.07, 6.45) is 5.20. The lowest BCUT2D eigenvalue weighted by atomic mass is 10.2. The van der Waals surface area contributed by atoms with Gasteiger partial charge in [0.15, 0.2) is 0 Å². The molecule has 1 aliphatic heterocycles. The summed E-state index contributed by atoms with van der Waals surface area (Å²) in [6.45, 7) is 6.19. The van der Waals surface area contributed by atoms with Gasteiger partial charge in [-0.1, -0.05) is 6.07 Å². The molecule has 24 heavy (non-hydrogen) atoms. The maximum atomic E-state index is 12.1. The molecule has 1 fully saturated rings. The van der Waals surface area contributed by atoms with Crippen LogP contribution < -0.4 is 15.5 Å². The van der Waals surface area contributed by atoms with Crippen LogP contribution in [0.15, 0.2) is 30.7 Å². The van der Waals surface area contributed by atoms with Gasteiger partial charge in [-0.05, 0) is 13.0 Å². The monoisotopic (exact) mass is 330 g/mol. The first-order chi connectivity index (χ1) is 11.8. The Morgan fingerprint density at radius 1 is 1.38 bits per heavy atom. The highest BCUT2D eigenvalue weighted by Crippen LogP contribution is 2.18. The topological polar surface area (TPSA) is 84.3 Å². The second-order valence-corrected chi connectivity index (χ2v) is 5.48. The third-order valence-electron chi connectivity index (χ3n) is 3.83. The molecule has 1 aliphatic rings. The number of morpholine rings is 1. The van der Waals surface area contributed by atoms with Crippen molar-refractivity contribution in [2.75, 3.05) is 36.5 Å². The molecule has 2 N–H and O–H groups in total. The fraction of sp³-hybridized carbons (Fsp3) is 0.438. The number of hydrogen-bond donors (Lipinski definition) is 2. The molecule has 0 atom stereocenters. The predicted molar refractivity (Wildman–Crippen MR) is 91.0 cm³/mol. The first kappa shape index (κ1) is 16.3. The molecule has 128 valence electrons. The molecule has 0 aliphatic carbocycles. The molecule has 1 saturated heterocycles. The minimum atomic E-state index is -0.262. The Balaban J connectivity index is 1.58. The Kier molecular flexibility index (Phi) is 5.27. The van der Waals surface area contributed by atoms with Crippen molar-refractivity contribution in [3.8, 4) is 0 Å². The second-order valence-electron chi connectivity index (χ2n) is 5.48. The van der Waals surface area contributed by atoms with Crippen molar-refractivity contribution in [3.05, 3.63) is 36.3 Å². The Morgan fingerprint density at radius 3 is 2.96 bits per heavy atom. The Hall–Kier alpha value is -2.61. The van der Waals surface area contributed by atoms with Gasteiger partial charge >= 0.3 is 6.03 Å². The summed E-state index contributed by atoms with van der Waals surface area (Å²) < 4.78 is 7.14. The zero-order valence-corrected chi connectivity index (χ0v) is 13.7. The summed E-state index contributed by atoms with van der Waals surface area (Å²) in [5.74, 6) is 0.903. The average Bonchev–Trinajstić information content (AvgIpc) is 3.08. The Bertz CT molecular complexity index is 681. The minimum Gasteiger partial charge on any atom is -0.378 e. The number of carbonyl (C=O) groups is 1. The lowest BCUT2D eigenvalue weighted by Crippen LogP contribution is -2.38. The highest BCUT2D eigenvalue weighted by molar-refractivity contribution is 5.88. The number of anilines is 2. The number of pyridine rings is 1. The number of aromatic nitrogens is 3. The smallest absolute Gasteiger partial charge is 0.319 e. The van der Waals surface area contributed by atoms with Crippen molar-refractivity contribution < 1.29 is 9.53 Å². The van der Waals surface area contributed by atoms with Crippen LogP contribution in [0.1, 0.15) is 12.5 Å². The number of nitrogens with one attached hydrogen (secondary N) is 2. The minimum absolute atomic E-state index is 0.262. The number of nitrogens with zero attached hydrogens (tertiary/aromatic N) is 4. The SMILES string of the molecule is CCn1cc(NC(=O)NCc2cccnc2N2CCOCC2)cn1. The summed E-state index contributed by atoms with van der Waals surface area (Å²) in [6, 6.07) is 3.60. The number of aryl methyl sites for hydroxylation is 1. The molecule has 0 saturated carbocycles. The molecule has 0 unspecified atom stereocenters. The van der Waals surface area contributed by atoms with E-state index in [9.17, 15) is 4.79 Å². The highest BCUT2D eigenvalue weighted by atomic mass is 16.5. The summed E-state index contributed by atoms with van der Waals surface area (Å²) in [7, 11) is 0. The normalized spacial score (nSPS) is 14.5. The fourth-order valence-electron chi connectivity index (χ4n) is 2.58. The molecule has 0 radical (unpaired) electrons. The van der Waals surface area contributed by atoms with Gasteiger partial charge in [0.25, 0.3) is 0 Å². The van der Waals surface area contributed by atoms with E-state index < -0.39 is 0 Å². The zero-order valence-electron chi connectivity index (χ0n) is 13.7. The molecule has 8 heteroatoms. The summed E-state index contributed by atoms with van der Waals surface area (Å²) in [5, 5.41) is 9.77. The van der Waals surface area contributed by atoms with Crippen LogP contribution in [0.2, 0.25) is 0 Å². The van der Waals surface area contributed by atoms with Crippen LogP contribution in [-0.2, 0) is 17.8 Å². The zero-order chi connectivity index (χ0) is 16.8. The van der Waals surface area contributed by atoms with E-state index in [2.05, 4.69) is 25.6 Å². The van der Waals surface area contributed by atoms with E-state index in [1.807, 2.05) is 19.1 Å². The predicted octanol–water partition coefficient (Wildman–Crippen LogP) is 1.46. The average molecular weight is 330 g/mol. The maximum absolute atomic E-state index is 12.1. The molecule has 0 spiro atoms. The van der Waals surface area contributed by atoms with E-state index in [1.165, 1.54) is 0 Å². The standard InChI is InChI=1S/C16H22N6O2/c1-2-22-12-14(11-19-22)20-16(23)18-10-13-4-3-5-17-15(13)21-6-8-24-9-7-21/h3-5,11-12H,2,6-10H2,1H3,(H2,18,20,23). The van der Waals surface area contributed by atoms with Gasteiger partial charge in [0, 0.05) is 44.1 Å². The third kappa shape index (κ3) is 4.02. The number of ether oxygens (including phenoxy) is 1. The number of amides is 2. The van der Waals surface area contributed by atoms with E-state index in [-0.39, 0.29) is 6.03 Å². The van der Waals surface area contributed by atoms with Crippen molar-refractivity contribution in [2.24, 2.45) is 0 Å². The van der Waals surface area contributed by atoms with E-state index in [0.29, 0.717) is 25.4 Å². The Labute approximate surface area is 140 Å². The number of hydrogen-bond acceptors (Lipinski definition) is 5. The van der Waals surface area contributed by atoms with E-state index in [0.717, 1.165) is 31.0 Å². The van der Waals surface area contributed by atoms with Crippen molar-refractivity contribution in [2.45, 2.75) is 20.0 Å².